The number of imidazole rings is 1. The van der Waals surface area contributed by atoms with E-state index in [4.69, 9.17) is 19.8 Å². The molecule has 39 heavy (non-hydrogen) atoms. The number of aromatic amines is 1. The Hall–Kier alpha value is -3.95. The molecule has 0 aliphatic carbocycles. The van der Waals surface area contributed by atoms with Crippen LogP contribution in [0.25, 0.3) is 11.3 Å². The van der Waals surface area contributed by atoms with E-state index >= 15 is 0 Å². The van der Waals surface area contributed by atoms with E-state index in [0.29, 0.717) is 6.04 Å². The molecular weight excluding hydrogens is 538 g/mol. The lowest BCUT2D eigenvalue weighted by Crippen LogP contribution is -2.34. The predicted molar refractivity (Wildman–Crippen MR) is 124 cm³/mol. The summed E-state index contributed by atoms with van der Waals surface area (Å²) in [6.45, 7) is 7.23. The van der Waals surface area contributed by atoms with E-state index in [1.807, 2.05) is 4.68 Å². The van der Waals surface area contributed by atoms with E-state index in [0.717, 1.165) is 49.4 Å². The minimum Gasteiger partial charge on any atom is -0.475 e. The van der Waals surface area contributed by atoms with Crippen LogP contribution in [0.5, 0.6) is 0 Å². The second-order valence-electron chi connectivity index (χ2n) is 8.54. The number of aliphatic carboxylic acids is 2. The number of nitrogens with one attached hydrogen (secondary N) is 1. The van der Waals surface area contributed by atoms with Crippen molar-refractivity contribution >= 4 is 11.9 Å². The first-order valence-corrected chi connectivity index (χ1v) is 11.4. The highest BCUT2D eigenvalue weighted by atomic mass is 19.4. The normalized spacial score (nSPS) is 14.6. The van der Waals surface area contributed by atoms with Crippen LogP contribution >= 0.6 is 0 Å². The van der Waals surface area contributed by atoms with Crippen LogP contribution < -0.4 is 0 Å². The van der Waals surface area contributed by atoms with Crippen molar-refractivity contribution in [3.8, 4) is 11.3 Å². The molecule has 1 aromatic carbocycles. The second-order valence-corrected chi connectivity index (χ2v) is 8.54. The van der Waals surface area contributed by atoms with Crippen molar-refractivity contribution in [2.75, 3.05) is 13.1 Å². The summed E-state index contributed by atoms with van der Waals surface area (Å²) in [5.74, 6) is -5.51. The van der Waals surface area contributed by atoms with Crippen LogP contribution in [0.1, 0.15) is 35.8 Å². The van der Waals surface area contributed by atoms with Crippen molar-refractivity contribution in [1.29, 1.82) is 0 Å². The van der Waals surface area contributed by atoms with Gasteiger partial charge >= 0.3 is 24.3 Å². The summed E-state index contributed by atoms with van der Waals surface area (Å²) in [4.78, 5) is 27.8. The molecule has 1 fully saturated rings. The third kappa shape index (κ3) is 10.0. The molecule has 0 amide bonds. The van der Waals surface area contributed by atoms with Crippen molar-refractivity contribution in [3.05, 3.63) is 53.7 Å². The Morgan fingerprint density at radius 1 is 0.974 bits per heavy atom. The van der Waals surface area contributed by atoms with Gasteiger partial charge < -0.3 is 15.2 Å². The maximum absolute atomic E-state index is 10.6. The minimum absolute atomic E-state index is 0.434. The molecule has 16 heteroatoms. The van der Waals surface area contributed by atoms with Gasteiger partial charge in [0.2, 0.25) is 0 Å². The van der Waals surface area contributed by atoms with Crippen molar-refractivity contribution in [3.63, 3.8) is 0 Å². The Labute approximate surface area is 218 Å². The summed E-state index contributed by atoms with van der Waals surface area (Å²) in [7, 11) is 0. The molecule has 1 aliphatic heterocycles. The van der Waals surface area contributed by atoms with Gasteiger partial charge in [-0.3, -0.25) is 4.90 Å². The molecule has 0 radical (unpaired) electrons. The molecule has 1 aliphatic rings. The van der Waals surface area contributed by atoms with Gasteiger partial charge in [0, 0.05) is 30.9 Å². The summed E-state index contributed by atoms with van der Waals surface area (Å²) >= 11 is 0. The van der Waals surface area contributed by atoms with Gasteiger partial charge in [-0.15, -0.1) is 5.10 Å². The largest absolute Gasteiger partial charge is 0.490 e. The molecule has 0 unspecified atom stereocenters. The van der Waals surface area contributed by atoms with E-state index in [2.05, 4.69) is 69.5 Å². The molecule has 0 atom stereocenters. The fourth-order valence-electron chi connectivity index (χ4n) is 3.41. The maximum Gasteiger partial charge on any atom is 0.490 e. The molecule has 4 rings (SSSR count). The number of likely N-dealkylation sites (tertiary alicyclic amines) is 1. The van der Waals surface area contributed by atoms with Crippen LogP contribution in [-0.2, 0) is 16.1 Å². The van der Waals surface area contributed by atoms with Gasteiger partial charge in [0.1, 0.15) is 5.69 Å². The van der Waals surface area contributed by atoms with Gasteiger partial charge in [-0.25, -0.2) is 19.3 Å². The van der Waals surface area contributed by atoms with Crippen LogP contribution in [0.15, 0.2) is 36.8 Å². The number of hydrogen-bond donors (Lipinski definition) is 3. The lowest BCUT2D eigenvalue weighted by molar-refractivity contribution is -0.193. The summed E-state index contributed by atoms with van der Waals surface area (Å²) < 4.78 is 65.5. The van der Waals surface area contributed by atoms with Gasteiger partial charge in [-0.05, 0) is 26.7 Å². The minimum atomic E-state index is -5.08. The fourth-order valence-corrected chi connectivity index (χ4v) is 3.41. The number of rotatable bonds is 4. The van der Waals surface area contributed by atoms with Gasteiger partial charge in [-0.1, -0.05) is 35.0 Å². The van der Waals surface area contributed by atoms with Crippen molar-refractivity contribution in [2.45, 2.75) is 51.6 Å². The number of H-pyrrole nitrogens is 1. The number of carboxylic acid groups (broad SMARTS) is 2. The number of piperidine rings is 1. The van der Waals surface area contributed by atoms with Gasteiger partial charge in [0.15, 0.2) is 0 Å². The number of carboxylic acids is 2. The van der Waals surface area contributed by atoms with E-state index < -0.39 is 24.3 Å². The molecular formula is C23H26F6N6O4. The van der Waals surface area contributed by atoms with Crippen molar-refractivity contribution in [1.82, 2.24) is 29.9 Å². The molecule has 3 N–H and O–H groups in total. The van der Waals surface area contributed by atoms with Gasteiger partial charge in [0.05, 0.1) is 24.3 Å². The number of nitrogens with zero attached hydrogens (tertiary/aromatic N) is 5. The zero-order valence-corrected chi connectivity index (χ0v) is 20.8. The second kappa shape index (κ2) is 13.2. The average Bonchev–Trinajstić information content (AvgIpc) is 3.49. The molecule has 3 aromatic rings. The molecule has 0 saturated carbocycles. The lowest BCUT2D eigenvalue weighted by Gasteiger charge is -2.31. The number of aromatic nitrogens is 5. The molecule has 0 bridgehead atoms. The van der Waals surface area contributed by atoms with Crippen LogP contribution in [0.4, 0.5) is 26.3 Å². The zero-order valence-electron chi connectivity index (χ0n) is 20.8. The molecule has 3 heterocycles. The molecule has 1 saturated heterocycles. The first-order chi connectivity index (χ1) is 18.1. The number of benzene rings is 1. The van der Waals surface area contributed by atoms with E-state index in [1.165, 1.54) is 11.3 Å². The first kappa shape index (κ1) is 31.3. The zero-order chi connectivity index (χ0) is 29.4. The average molecular weight is 564 g/mol. The summed E-state index contributed by atoms with van der Waals surface area (Å²) in [5, 5.41) is 23.0. The third-order valence-corrected chi connectivity index (χ3v) is 5.58. The Kier molecular flexibility index (Phi) is 10.6. The van der Waals surface area contributed by atoms with Crippen molar-refractivity contribution in [2.24, 2.45) is 0 Å². The SMILES string of the molecule is Cc1ccc(-c2cn(C3CCN(Cc4nc[nH]c4C)CC3)nn2)cc1.O=C(O)C(F)(F)F.O=C(O)C(F)(F)F. The molecule has 214 valence electrons. The fraction of sp³-hybridized carbons (Fsp3) is 0.435. The molecule has 0 spiro atoms. The Morgan fingerprint density at radius 3 is 1.92 bits per heavy atom. The number of aryl methyl sites for hydroxylation is 2. The molecule has 10 nitrogen and oxygen atoms in total. The smallest absolute Gasteiger partial charge is 0.475 e. The number of hydrogen-bond acceptors (Lipinski definition) is 6. The maximum atomic E-state index is 10.6. The quantitative estimate of drug-likeness (QED) is 0.397. The third-order valence-electron chi connectivity index (χ3n) is 5.58. The molecule has 2 aromatic heterocycles. The van der Waals surface area contributed by atoms with Gasteiger partial charge in [0.25, 0.3) is 0 Å². The summed E-state index contributed by atoms with van der Waals surface area (Å²) in [6.07, 6.45) is -4.11. The van der Waals surface area contributed by atoms with E-state index in [-0.39, 0.29) is 0 Å². The number of halogens is 6. The Morgan fingerprint density at radius 2 is 1.49 bits per heavy atom. The number of carbonyl (C=O) groups is 2. The van der Waals surface area contributed by atoms with Crippen LogP contribution in [0, 0.1) is 13.8 Å². The monoisotopic (exact) mass is 564 g/mol. The van der Waals surface area contributed by atoms with Crippen LogP contribution in [-0.4, -0.2) is 77.5 Å². The first-order valence-electron chi connectivity index (χ1n) is 11.4. The topological polar surface area (TPSA) is 137 Å². The summed E-state index contributed by atoms with van der Waals surface area (Å²) in [6, 6.07) is 8.88. The highest BCUT2D eigenvalue weighted by molar-refractivity contribution is 5.73. The van der Waals surface area contributed by atoms with Crippen LogP contribution in [0.3, 0.4) is 0 Å². The standard InChI is InChI=1S/C19H24N6.2C2HF3O2/c1-14-3-5-16(6-4-14)19-12-25(23-22-19)17-7-9-24(10-8-17)11-18-15(2)20-13-21-18;2*3-2(4,5)1(6)7/h3-6,12-13,17H,7-11H2,1-2H3,(H,20,21);2*(H,6,7). The van der Waals surface area contributed by atoms with Crippen LogP contribution in [0.2, 0.25) is 0 Å². The summed E-state index contributed by atoms with van der Waals surface area (Å²) in [5.41, 5.74) is 5.66. The number of alkyl halides is 6. The van der Waals surface area contributed by atoms with E-state index in [9.17, 15) is 26.3 Å². The highest BCUT2D eigenvalue weighted by Crippen LogP contribution is 2.25. The highest BCUT2D eigenvalue weighted by Gasteiger charge is 2.38. The Balaban J connectivity index is 0.000000317. The van der Waals surface area contributed by atoms with E-state index in [1.54, 1.807) is 6.33 Å². The Bertz CT molecular complexity index is 1190. The lowest BCUT2D eigenvalue weighted by atomic mass is 10.0. The van der Waals surface area contributed by atoms with Crippen molar-refractivity contribution < 1.29 is 46.1 Å². The predicted octanol–water partition coefficient (Wildman–Crippen LogP) is 4.39. The van der Waals surface area contributed by atoms with Gasteiger partial charge in [-0.2, -0.15) is 26.3 Å².